The third kappa shape index (κ3) is 5.09. The molecule has 1 N–H and O–H groups in total. The van der Waals surface area contributed by atoms with Crippen molar-refractivity contribution < 1.29 is 23.4 Å². The Morgan fingerprint density at radius 3 is 2.10 bits per heavy atom. The number of hydrogen-bond donors (Lipinski definition) is 1. The SMILES string of the molecule is COc1cc2oc(-c3ccccc3)c(-c3ccc(C4(NC(=O)OC(C)(C)C)CCC4)cc3)c(=O)c2cc1OC. The van der Waals surface area contributed by atoms with Gasteiger partial charge in [0.05, 0.1) is 30.7 Å². The van der Waals surface area contributed by atoms with Crippen LogP contribution in [-0.4, -0.2) is 25.9 Å². The number of rotatable bonds is 6. The number of ether oxygens (including phenoxy) is 3. The van der Waals surface area contributed by atoms with Gasteiger partial charge >= 0.3 is 6.09 Å². The third-order valence-electron chi connectivity index (χ3n) is 7.11. The summed E-state index contributed by atoms with van der Waals surface area (Å²) in [5.41, 5.74) is 2.10. The van der Waals surface area contributed by atoms with Crippen molar-refractivity contribution in [2.24, 2.45) is 0 Å². The summed E-state index contributed by atoms with van der Waals surface area (Å²) in [6.07, 6.45) is 2.22. The normalized spacial score (nSPS) is 14.4. The van der Waals surface area contributed by atoms with E-state index in [1.807, 2.05) is 75.4 Å². The molecule has 3 aromatic carbocycles. The summed E-state index contributed by atoms with van der Waals surface area (Å²) < 4.78 is 22.8. The summed E-state index contributed by atoms with van der Waals surface area (Å²) in [4.78, 5) is 26.6. The summed E-state index contributed by atoms with van der Waals surface area (Å²) in [5, 5.41) is 3.49. The smallest absolute Gasteiger partial charge is 0.408 e. The minimum atomic E-state index is -0.580. The lowest BCUT2D eigenvalue weighted by Crippen LogP contribution is -2.52. The van der Waals surface area contributed by atoms with Crippen LogP contribution in [0.1, 0.15) is 45.6 Å². The molecule has 39 heavy (non-hydrogen) atoms. The fraction of sp³-hybridized carbons (Fsp3) is 0.312. The summed E-state index contributed by atoms with van der Waals surface area (Å²) >= 11 is 0. The maximum Gasteiger partial charge on any atom is 0.408 e. The Morgan fingerprint density at radius 1 is 0.897 bits per heavy atom. The van der Waals surface area contributed by atoms with Crippen LogP contribution >= 0.6 is 0 Å². The van der Waals surface area contributed by atoms with Crippen LogP contribution < -0.4 is 20.2 Å². The molecule has 5 rings (SSSR count). The summed E-state index contributed by atoms with van der Waals surface area (Å²) in [6.45, 7) is 5.54. The highest BCUT2D eigenvalue weighted by molar-refractivity contribution is 5.90. The van der Waals surface area contributed by atoms with E-state index in [0.29, 0.717) is 33.8 Å². The van der Waals surface area contributed by atoms with Crippen LogP contribution in [0.4, 0.5) is 4.79 Å². The molecule has 0 unspecified atom stereocenters. The van der Waals surface area contributed by atoms with Gasteiger partial charge in [0.15, 0.2) is 11.5 Å². The van der Waals surface area contributed by atoms with Gasteiger partial charge < -0.3 is 23.9 Å². The van der Waals surface area contributed by atoms with E-state index in [9.17, 15) is 9.59 Å². The number of hydrogen-bond acceptors (Lipinski definition) is 6. The molecule has 1 aliphatic carbocycles. The van der Waals surface area contributed by atoms with Crippen LogP contribution in [0.5, 0.6) is 11.5 Å². The van der Waals surface area contributed by atoms with Crippen molar-refractivity contribution in [2.75, 3.05) is 14.2 Å². The molecule has 7 nitrogen and oxygen atoms in total. The number of methoxy groups -OCH3 is 2. The van der Waals surface area contributed by atoms with Gasteiger partial charge in [-0.25, -0.2) is 4.79 Å². The molecule has 1 aromatic heterocycles. The predicted molar refractivity (Wildman–Crippen MR) is 151 cm³/mol. The van der Waals surface area contributed by atoms with E-state index in [4.69, 9.17) is 18.6 Å². The Labute approximate surface area is 227 Å². The van der Waals surface area contributed by atoms with Crippen LogP contribution in [0.25, 0.3) is 33.4 Å². The average molecular weight is 528 g/mol. The minimum absolute atomic E-state index is 0.172. The zero-order valence-electron chi connectivity index (χ0n) is 22.9. The monoisotopic (exact) mass is 527 g/mol. The molecule has 0 spiro atoms. The van der Waals surface area contributed by atoms with Crippen molar-refractivity contribution >= 4 is 17.1 Å². The van der Waals surface area contributed by atoms with Gasteiger partial charge in [-0.1, -0.05) is 54.6 Å². The Balaban J connectivity index is 1.61. The first kappa shape index (κ1) is 26.4. The number of amides is 1. The molecule has 1 heterocycles. The van der Waals surface area contributed by atoms with E-state index >= 15 is 0 Å². The van der Waals surface area contributed by atoms with Crippen molar-refractivity contribution in [2.45, 2.75) is 51.2 Å². The summed E-state index contributed by atoms with van der Waals surface area (Å²) in [5.74, 6) is 1.40. The Kier molecular flexibility index (Phi) is 6.85. The molecule has 7 heteroatoms. The van der Waals surface area contributed by atoms with E-state index < -0.39 is 17.2 Å². The lowest BCUT2D eigenvalue weighted by Gasteiger charge is -2.43. The number of fused-ring (bicyclic) bond motifs is 1. The van der Waals surface area contributed by atoms with Gasteiger partial charge in [-0.15, -0.1) is 0 Å². The highest BCUT2D eigenvalue weighted by Crippen LogP contribution is 2.43. The predicted octanol–water partition coefficient (Wildman–Crippen LogP) is 7.05. The number of carbonyl (C=O) groups excluding carboxylic acids is 1. The second-order valence-electron chi connectivity index (χ2n) is 10.8. The molecule has 4 aromatic rings. The van der Waals surface area contributed by atoms with Crippen molar-refractivity contribution in [3.8, 4) is 33.9 Å². The minimum Gasteiger partial charge on any atom is -0.493 e. The van der Waals surface area contributed by atoms with E-state index in [-0.39, 0.29) is 5.43 Å². The first-order chi connectivity index (χ1) is 18.6. The molecular formula is C32H33NO6. The van der Waals surface area contributed by atoms with E-state index in [1.54, 1.807) is 19.2 Å². The third-order valence-corrected chi connectivity index (χ3v) is 7.11. The molecular weight excluding hydrogens is 494 g/mol. The quantitative estimate of drug-likeness (QED) is 0.289. The van der Waals surface area contributed by atoms with Crippen LogP contribution in [0.3, 0.4) is 0 Å². The van der Waals surface area contributed by atoms with Gasteiger partial charge in [-0.05, 0) is 57.2 Å². The van der Waals surface area contributed by atoms with Gasteiger partial charge in [-0.2, -0.15) is 0 Å². The van der Waals surface area contributed by atoms with Crippen LogP contribution in [0, 0.1) is 0 Å². The molecule has 0 aliphatic heterocycles. The average Bonchev–Trinajstić information content (AvgIpc) is 2.89. The Bertz CT molecular complexity index is 1560. The molecule has 0 bridgehead atoms. The lowest BCUT2D eigenvalue weighted by molar-refractivity contribution is 0.0377. The molecule has 0 saturated heterocycles. The zero-order valence-corrected chi connectivity index (χ0v) is 22.9. The van der Waals surface area contributed by atoms with Gasteiger partial charge in [-0.3, -0.25) is 4.79 Å². The van der Waals surface area contributed by atoms with Crippen molar-refractivity contribution in [3.63, 3.8) is 0 Å². The fourth-order valence-electron chi connectivity index (χ4n) is 5.05. The number of carbonyl (C=O) groups is 1. The Morgan fingerprint density at radius 2 is 1.54 bits per heavy atom. The number of alkyl carbamates (subject to hydrolysis) is 1. The van der Waals surface area contributed by atoms with Gasteiger partial charge in [0.25, 0.3) is 0 Å². The van der Waals surface area contributed by atoms with Crippen LogP contribution in [0.2, 0.25) is 0 Å². The second kappa shape index (κ2) is 10.1. The molecule has 0 atom stereocenters. The van der Waals surface area contributed by atoms with Gasteiger partial charge in [0.1, 0.15) is 16.9 Å². The highest BCUT2D eigenvalue weighted by Gasteiger charge is 2.41. The van der Waals surface area contributed by atoms with Crippen LogP contribution in [-0.2, 0) is 10.3 Å². The summed E-state index contributed by atoms with van der Waals surface area (Å²) in [7, 11) is 3.08. The lowest BCUT2D eigenvalue weighted by atomic mass is 9.71. The number of benzene rings is 3. The molecule has 202 valence electrons. The van der Waals surface area contributed by atoms with E-state index in [2.05, 4.69) is 5.32 Å². The van der Waals surface area contributed by atoms with Crippen molar-refractivity contribution in [1.82, 2.24) is 5.32 Å². The topological polar surface area (TPSA) is 87.0 Å². The molecule has 1 fully saturated rings. The Hall–Kier alpha value is -4.26. The van der Waals surface area contributed by atoms with Crippen molar-refractivity contribution in [3.05, 3.63) is 82.5 Å². The van der Waals surface area contributed by atoms with E-state index in [0.717, 1.165) is 36.0 Å². The van der Waals surface area contributed by atoms with E-state index in [1.165, 1.54) is 7.11 Å². The summed E-state index contributed by atoms with van der Waals surface area (Å²) in [6, 6.07) is 20.7. The van der Waals surface area contributed by atoms with Crippen molar-refractivity contribution in [1.29, 1.82) is 0 Å². The molecule has 1 aliphatic rings. The molecule has 1 saturated carbocycles. The van der Waals surface area contributed by atoms with Gasteiger partial charge in [0.2, 0.25) is 5.43 Å². The first-order valence-corrected chi connectivity index (χ1v) is 13.0. The number of nitrogens with one attached hydrogen (secondary N) is 1. The van der Waals surface area contributed by atoms with Crippen LogP contribution in [0.15, 0.2) is 75.9 Å². The highest BCUT2D eigenvalue weighted by atomic mass is 16.6. The molecule has 1 amide bonds. The van der Waals surface area contributed by atoms with Gasteiger partial charge in [0, 0.05) is 11.6 Å². The fourth-order valence-corrected chi connectivity index (χ4v) is 5.05. The maximum absolute atomic E-state index is 14.0. The zero-order chi connectivity index (χ0) is 27.8. The second-order valence-corrected chi connectivity index (χ2v) is 10.8. The largest absolute Gasteiger partial charge is 0.493 e. The first-order valence-electron chi connectivity index (χ1n) is 13.0. The molecule has 0 radical (unpaired) electrons. The maximum atomic E-state index is 14.0. The standard InChI is InChI=1S/C32H33NO6/c1-31(2,3)39-30(35)33-32(16-9-17-32)22-14-12-20(13-15-22)27-28(34)23-18-25(36-4)26(37-5)19-24(23)38-29(27)21-10-7-6-8-11-21/h6-8,10-15,18-19H,9,16-17H2,1-5H3,(H,33,35).